The van der Waals surface area contributed by atoms with Crippen LogP contribution in [0.3, 0.4) is 0 Å². The smallest absolute Gasteiger partial charge is 0.388 e. The van der Waals surface area contributed by atoms with Gasteiger partial charge in [0, 0.05) is 16.8 Å². The maximum absolute atomic E-state index is 16.4. The first-order valence-corrected chi connectivity index (χ1v) is 12.3. The molecule has 1 unspecified atom stereocenters. The molecule has 2 atom stereocenters. The lowest BCUT2D eigenvalue weighted by atomic mass is 9.59. The van der Waals surface area contributed by atoms with Crippen molar-refractivity contribution in [3.05, 3.63) is 88.0 Å². The van der Waals surface area contributed by atoms with Crippen molar-refractivity contribution >= 4 is 0 Å². The summed E-state index contributed by atoms with van der Waals surface area (Å²) < 4.78 is 69.5. The molecule has 3 aromatic rings. The van der Waals surface area contributed by atoms with E-state index in [1.165, 1.54) is 12.1 Å². The van der Waals surface area contributed by atoms with Gasteiger partial charge in [0.05, 0.1) is 17.4 Å². The third-order valence-corrected chi connectivity index (χ3v) is 7.76. The Labute approximate surface area is 207 Å². The zero-order valence-electron chi connectivity index (χ0n) is 20.2. The van der Waals surface area contributed by atoms with Crippen molar-refractivity contribution in [3.8, 4) is 11.1 Å². The molecule has 1 heterocycles. The molecule has 1 fully saturated rings. The van der Waals surface area contributed by atoms with Gasteiger partial charge in [-0.25, -0.2) is 8.78 Å². The van der Waals surface area contributed by atoms with Crippen LogP contribution in [0, 0.1) is 11.2 Å². The van der Waals surface area contributed by atoms with Gasteiger partial charge in [0.1, 0.15) is 5.82 Å². The predicted octanol–water partition coefficient (Wildman–Crippen LogP) is 8.24. The zero-order chi connectivity index (χ0) is 25.8. The highest BCUT2D eigenvalue weighted by molar-refractivity contribution is 5.75. The van der Waals surface area contributed by atoms with Crippen molar-refractivity contribution < 1.29 is 27.1 Å². The minimum absolute atomic E-state index is 0.00219. The molecule has 2 nitrogen and oxygen atoms in total. The minimum Gasteiger partial charge on any atom is -0.388 e. The van der Waals surface area contributed by atoms with Crippen LogP contribution in [-0.4, -0.2) is 10.1 Å². The Morgan fingerprint density at radius 3 is 2.17 bits per heavy atom. The van der Waals surface area contributed by atoms with Crippen molar-refractivity contribution in [2.75, 3.05) is 0 Å². The standard InChI is InChI=1S/C29H28F5NO/c1-16(2)27-25(26(31)18-4-8-19(9-5-18)29(32,33)34)23(17-6-10-20(30)11-7-17)24-21(35-27)14-28(12-3-13-28)15-22(24)36/h4-11,16,22,26,36H,3,12-15H2,1-2H3/t22-,26?/m0/s1. The fraction of sp³-hybridized carbons (Fsp3) is 0.414. The molecule has 2 aromatic carbocycles. The number of aromatic nitrogens is 1. The predicted molar refractivity (Wildman–Crippen MR) is 128 cm³/mol. The maximum Gasteiger partial charge on any atom is 0.416 e. The van der Waals surface area contributed by atoms with Gasteiger partial charge in [0.2, 0.25) is 0 Å². The van der Waals surface area contributed by atoms with Gasteiger partial charge in [-0.2, -0.15) is 13.2 Å². The summed E-state index contributed by atoms with van der Waals surface area (Å²) in [6.07, 6.45) is -2.82. The lowest BCUT2D eigenvalue weighted by Crippen LogP contribution is -2.38. The Morgan fingerprint density at radius 2 is 1.64 bits per heavy atom. The highest BCUT2D eigenvalue weighted by atomic mass is 19.4. The largest absolute Gasteiger partial charge is 0.416 e. The number of alkyl halides is 4. The SMILES string of the molecule is CC(C)c1nc2c(c(-c3ccc(F)cc3)c1C(F)c1ccc(C(F)(F)F)cc1)[C@@H](O)CC1(CCC1)C2. The number of hydrogen-bond acceptors (Lipinski definition) is 2. The zero-order valence-corrected chi connectivity index (χ0v) is 20.2. The summed E-state index contributed by atoms with van der Waals surface area (Å²) in [5.74, 6) is -0.630. The summed E-state index contributed by atoms with van der Waals surface area (Å²) in [5, 5.41) is 11.3. The second-order valence-electron chi connectivity index (χ2n) is 10.5. The molecule has 2 aliphatic rings. The highest BCUT2D eigenvalue weighted by Crippen LogP contribution is 2.56. The molecule has 1 saturated carbocycles. The molecular weight excluding hydrogens is 473 g/mol. The van der Waals surface area contributed by atoms with Crippen LogP contribution >= 0.6 is 0 Å². The van der Waals surface area contributed by atoms with Crippen LogP contribution in [0.15, 0.2) is 48.5 Å². The Hall–Kier alpha value is -2.80. The molecule has 0 aliphatic heterocycles. The van der Waals surface area contributed by atoms with E-state index in [4.69, 9.17) is 4.98 Å². The fourth-order valence-electron chi connectivity index (χ4n) is 5.81. The summed E-state index contributed by atoms with van der Waals surface area (Å²) in [6.45, 7) is 3.79. The normalized spacial score (nSPS) is 19.8. The summed E-state index contributed by atoms with van der Waals surface area (Å²) in [7, 11) is 0. The Morgan fingerprint density at radius 1 is 1.00 bits per heavy atom. The van der Waals surface area contributed by atoms with Gasteiger partial charge in [0.15, 0.2) is 6.17 Å². The molecule has 5 rings (SSSR count). The van der Waals surface area contributed by atoms with E-state index in [2.05, 4.69) is 0 Å². The number of benzene rings is 2. The fourth-order valence-corrected chi connectivity index (χ4v) is 5.81. The van der Waals surface area contributed by atoms with Crippen molar-refractivity contribution in [1.29, 1.82) is 0 Å². The average molecular weight is 502 g/mol. The number of hydrogen-bond donors (Lipinski definition) is 1. The van der Waals surface area contributed by atoms with Gasteiger partial charge < -0.3 is 5.11 Å². The van der Waals surface area contributed by atoms with Gasteiger partial charge >= 0.3 is 6.18 Å². The second kappa shape index (κ2) is 8.94. The Bertz CT molecular complexity index is 1260. The Balaban J connectivity index is 1.74. The van der Waals surface area contributed by atoms with Gasteiger partial charge in [-0.1, -0.05) is 44.5 Å². The molecule has 1 spiro atoms. The molecule has 0 bridgehead atoms. The number of pyridine rings is 1. The number of rotatable bonds is 4. The van der Waals surface area contributed by atoms with E-state index in [1.807, 2.05) is 13.8 Å². The molecule has 2 aliphatic carbocycles. The summed E-state index contributed by atoms with van der Waals surface area (Å²) in [4.78, 5) is 4.89. The molecule has 0 saturated heterocycles. The topological polar surface area (TPSA) is 33.1 Å². The van der Waals surface area contributed by atoms with Crippen LogP contribution in [0.2, 0.25) is 0 Å². The first-order valence-electron chi connectivity index (χ1n) is 12.3. The third kappa shape index (κ3) is 4.32. The first-order chi connectivity index (χ1) is 17.0. The minimum atomic E-state index is -4.53. The number of halogens is 5. The maximum atomic E-state index is 16.4. The van der Waals surface area contributed by atoms with Crippen LogP contribution in [0.5, 0.6) is 0 Å². The lowest BCUT2D eigenvalue weighted by molar-refractivity contribution is -0.137. The van der Waals surface area contributed by atoms with Crippen LogP contribution < -0.4 is 0 Å². The quantitative estimate of drug-likeness (QED) is 0.365. The summed E-state index contributed by atoms with van der Waals surface area (Å²) >= 11 is 0. The summed E-state index contributed by atoms with van der Waals surface area (Å²) in [6, 6.07) is 9.71. The van der Waals surface area contributed by atoms with E-state index in [1.54, 1.807) is 12.1 Å². The molecule has 1 aromatic heterocycles. The molecule has 1 N–H and O–H groups in total. The summed E-state index contributed by atoms with van der Waals surface area (Å²) in [5.41, 5.74) is 2.23. The Kier molecular flexibility index (Phi) is 6.18. The molecule has 0 amide bonds. The van der Waals surface area contributed by atoms with E-state index in [9.17, 15) is 22.7 Å². The van der Waals surface area contributed by atoms with E-state index in [0.717, 1.165) is 49.2 Å². The highest BCUT2D eigenvalue weighted by Gasteiger charge is 2.45. The van der Waals surface area contributed by atoms with Crippen LogP contribution in [0.4, 0.5) is 22.0 Å². The van der Waals surface area contributed by atoms with Crippen molar-refractivity contribution in [2.45, 2.75) is 70.3 Å². The molecular formula is C29H28F5NO. The molecule has 190 valence electrons. The van der Waals surface area contributed by atoms with Gasteiger partial charge in [-0.15, -0.1) is 0 Å². The van der Waals surface area contributed by atoms with E-state index < -0.39 is 29.8 Å². The van der Waals surface area contributed by atoms with Gasteiger partial charge in [-0.05, 0) is 78.0 Å². The number of fused-ring (bicyclic) bond motifs is 1. The van der Waals surface area contributed by atoms with Gasteiger partial charge in [0.25, 0.3) is 0 Å². The van der Waals surface area contributed by atoms with E-state index >= 15 is 4.39 Å². The molecule has 36 heavy (non-hydrogen) atoms. The molecule has 0 radical (unpaired) electrons. The number of aliphatic hydroxyl groups excluding tert-OH is 1. The van der Waals surface area contributed by atoms with E-state index in [-0.39, 0.29) is 22.5 Å². The first kappa shape index (κ1) is 24.9. The van der Waals surface area contributed by atoms with E-state index in [0.29, 0.717) is 35.2 Å². The van der Waals surface area contributed by atoms with Crippen molar-refractivity contribution in [1.82, 2.24) is 4.98 Å². The molecule has 7 heteroatoms. The van der Waals surface area contributed by atoms with Crippen molar-refractivity contribution in [2.24, 2.45) is 5.41 Å². The average Bonchev–Trinajstić information content (AvgIpc) is 2.81. The van der Waals surface area contributed by atoms with Crippen molar-refractivity contribution in [3.63, 3.8) is 0 Å². The lowest BCUT2D eigenvalue weighted by Gasteiger charge is -2.47. The monoisotopic (exact) mass is 501 g/mol. The third-order valence-electron chi connectivity index (χ3n) is 7.76. The number of nitrogens with zero attached hydrogens (tertiary/aromatic N) is 1. The van der Waals surface area contributed by atoms with Crippen LogP contribution in [0.1, 0.15) is 91.4 Å². The number of aliphatic hydroxyl groups is 1. The van der Waals surface area contributed by atoms with Gasteiger partial charge in [-0.3, -0.25) is 4.98 Å². The van der Waals surface area contributed by atoms with Crippen LogP contribution in [-0.2, 0) is 12.6 Å². The van der Waals surface area contributed by atoms with Crippen LogP contribution in [0.25, 0.3) is 11.1 Å². The second-order valence-corrected chi connectivity index (χ2v) is 10.5.